The molecule has 5 heteroatoms. The molecule has 1 heterocycles. The Morgan fingerprint density at radius 1 is 1.45 bits per heavy atom. The molecule has 0 fully saturated rings. The standard InChI is InChI=1S/C15H14N4O/c1-10-3-2-4-14(13(10)9-17)19-15(20)11-5-6-18-12(7-11)8-16/h2-7H,8,16H2,1H3,(H,19,20). The maximum Gasteiger partial charge on any atom is 0.255 e. The van der Waals surface area contributed by atoms with E-state index in [-0.39, 0.29) is 12.5 Å². The van der Waals surface area contributed by atoms with Gasteiger partial charge in [0.15, 0.2) is 0 Å². The zero-order valence-corrected chi connectivity index (χ0v) is 11.1. The zero-order chi connectivity index (χ0) is 14.5. The monoisotopic (exact) mass is 266 g/mol. The Bertz CT molecular complexity index is 689. The quantitative estimate of drug-likeness (QED) is 0.888. The van der Waals surface area contributed by atoms with E-state index in [0.29, 0.717) is 22.5 Å². The van der Waals surface area contributed by atoms with Gasteiger partial charge in [-0.25, -0.2) is 0 Å². The van der Waals surface area contributed by atoms with Crippen molar-refractivity contribution in [3.05, 3.63) is 58.9 Å². The molecular formula is C15H14N4O. The SMILES string of the molecule is Cc1cccc(NC(=O)c2ccnc(CN)c2)c1C#N. The number of pyridine rings is 1. The number of anilines is 1. The number of nitrogens with two attached hydrogens (primary N) is 1. The van der Waals surface area contributed by atoms with Gasteiger partial charge in [0, 0.05) is 18.3 Å². The number of hydrogen-bond acceptors (Lipinski definition) is 4. The minimum absolute atomic E-state index is 0.273. The lowest BCUT2D eigenvalue weighted by Crippen LogP contribution is -2.14. The fourth-order valence-electron chi connectivity index (χ4n) is 1.85. The van der Waals surface area contributed by atoms with E-state index in [1.807, 2.05) is 13.0 Å². The predicted octanol–water partition coefficient (Wildman–Crippen LogP) is 1.97. The van der Waals surface area contributed by atoms with Gasteiger partial charge in [-0.15, -0.1) is 0 Å². The minimum atomic E-state index is -0.288. The number of carbonyl (C=O) groups is 1. The van der Waals surface area contributed by atoms with Crippen molar-refractivity contribution in [2.45, 2.75) is 13.5 Å². The summed E-state index contributed by atoms with van der Waals surface area (Å²) in [5, 5.41) is 11.9. The van der Waals surface area contributed by atoms with Crippen molar-refractivity contribution in [1.82, 2.24) is 4.98 Å². The van der Waals surface area contributed by atoms with Crippen molar-refractivity contribution in [3.63, 3.8) is 0 Å². The van der Waals surface area contributed by atoms with Crippen LogP contribution >= 0.6 is 0 Å². The topological polar surface area (TPSA) is 91.8 Å². The summed E-state index contributed by atoms with van der Waals surface area (Å²) in [5.74, 6) is -0.288. The van der Waals surface area contributed by atoms with Crippen LogP contribution < -0.4 is 11.1 Å². The Balaban J connectivity index is 2.28. The molecule has 0 bridgehead atoms. The molecule has 2 rings (SSSR count). The van der Waals surface area contributed by atoms with E-state index in [4.69, 9.17) is 11.0 Å². The number of nitriles is 1. The highest BCUT2D eigenvalue weighted by Crippen LogP contribution is 2.19. The molecule has 0 spiro atoms. The lowest BCUT2D eigenvalue weighted by atomic mass is 10.1. The van der Waals surface area contributed by atoms with Gasteiger partial charge in [0.05, 0.1) is 16.9 Å². The van der Waals surface area contributed by atoms with E-state index in [1.54, 1.807) is 30.5 Å². The lowest BCUT2D eigenvalue weighted by Gasteiger charge is -2.09. The van der Waals surface area contributed by atoms with Crippen LogP contribution in [0.4, 0.5) is 5.69 Å². The maximum atomic E-state index is 12.2. The van der Waals surface area contributed by atoms with Crippen LogP contribution in [0.15, 0.2) is 36.5 Å². The summed E-state index contributed by atoms with van der Waals surface area (Å²) in [6, 6.07) is 10.7. The van der Waals surface area contributed by atoms with E-state index >= 15 is 0 Å². The number of carbonyl (C=O) groups excluding carboxylic acids is 1. The maximum absolute atomic E-state index is 12.2. The van der Waals surface area contributed by atoms with Crippen molar-refractivity contribution in [3.8, 4) is 6.07 Å². The van der Waals surface area contributed by atoms with Gasteiger partial charge in [-0.1, -0.05) is 12.1 Å². The van der Waals surface area contributed by atoms with E-state index in [9.17, 15) is 4.79 Å². The summed E-state index contributed by atoms with van der Waals surface area (Å²) in [7, 11) is 0. The van der Waals surface area contributed by atoms with Crippen LogP contribution in [0.25, 0.3) is 0 Å². The largest absolute Gasteiger partial charge is 0.325 e. The number of rotatable bonds is 3. The van der Waals surface area contributed by atoms with Crippen LogP contribution in [0, 0.1) is 18.3 Å². The highest BCUT2D eigenvalue weighted by molar-refractivity contribution is 6.05. The molecule has 0 aliphatic heterocycles. The molecule has 0 aliphatic rings. The first-order valence-corrected chi connectivity index (χ1v) is 6.11. The number of amides is 1. The normalized spacial score (nSPS) is 9.85. The molecule has 0 radical (unpaired) electrons. The second-order valence-corrected chi connectivity index (χ2v) is 4.30. The van der Waals surface area contributed by atoms with Crippen molar-refractivity contribution in [2.24, 2.45) is 5.73 Å². The third-order valence-electron chi connectivity index (χ3n) is 2.92. The molecule has 0 saturated heterocycles. The van der Waals surface area contributed by atoms with E-state index < -0.39 is 0 Å². The van der Waals surface area contributed by atoms with Crippen LogP contribution in [-0.2, 0) is 6.54 Å². The Morgan fingerprint density at radius 2 is 2.25 bits per heavy atom. The molecule has 2 aromatic rings. The van der Waals surface area contributed by atoms with E-state index in [1.165, 1.54) is 0 Å². The number of nitrogens with zero attached hydrogens (tertiary/aromatic N) is 2. The van der Waals surface area contributed by atoms with Crippen LogP contribution in [0.5, 0.6) is 0 Å². The van der Waals surface area contributed by atoms with Crippen molar-refractivity contribution in [2.75, 3.05) is 5.32 Å². The third-order valence-corrected chi connectivity index (χ3v) is 2.92. The Kier molecular flexibility index (Phi) is 4.08. The number of benzene rings is 1. The van der Waals surface area contributed by atoms with Crippen LogP contribution in [0.2, 0.25) is 0 Å². The third kappa shape index (κ3) is 2.82. The summed E-state index contributed by atoms with van der Waals surface area (Å²) in [5.41, 5.74) is 8.40. The number of hydrogen-bond donors (Lipinski definition) is 2. The van der Waals surface area contributed by atoms with Gasteiger partial charge >= 0.3 is 0 Å². The van der Waals surface area contributed by atoms with Gasteiger partial charge in [0.2, 0.25) is 0 Å². The van der Waals surface area contributed by atoms with E-state index in [2.05, 4.69) is 16.4 Å². The summed E-state index contributed by atoms with van der Waals surface area (Å²) >= 11 is 0. The predicted molar refractivity (Wildman–Crippen MR) is 76.0 cm³/mol. The molecule has 0 aliphatic carbocycles. The van der Waals surface area contributed by atoms with Crippen LogP contribution in [0.3, 0.4) is 0 Å². The minimum Gasteiger partial charge on any atom is -0.325 e. The van der Waals surface area contributed by atoms with Gasteiger partial charge in [0.25, 0.3) is 5.91 Å². The highest BCUT2D eigenvalue weighted by atomic mass is 16.1. The first-order valence-electron chi connectivity index (χ1n) is 6.11. The van der Waals surface area contributed by atoms with Gasteiger partial charge in [0.1, 0.15) is 6.07 Å². The van der Waals surface area contributed by atoms with Gasteiger partial charge in [-0.2, -0.15) is 5.26 Å². The molecule has 100 valence electrons. The second kappa shape index (κ2) is 5.95. The first kappa shape index (κ1) is 13.7. The molecular weight excluding hydrogens is 252 g/mol. The van der Waals surface area contributed by atoms with Crippen molar-refractivity contribution < 1.29 is 4.79 Å². The van der Waals surface area contributed by atoms with Crippen molar-refractivity contribution in [1.29, 1.82) is 5.26 Å². The Hall–Kier alpha value is -2.71. The molecule has 0 unspecified atom stereocenters. The molecule has 1 amide bonds. The fraction of sp³-hybridized carbons (Fsp3) is 0.133. The molecule has 0 atom stereocenters. The summed E-state index contributed by atoms with van der Waals surface area (Å²) in [6.45, 7) is 2.10. The molecule has 1 aromatic heterocycles. The summed E-state index contributed by atoms with van der Waals surface area (Å²) in [4.78, 5) is 16.2. The van der Waals surface area contributed by atoms with Crippen LogP contribution in [0.1, 0.15) is 27.2 Å². The number of aryl methyl sites for hydroxylation is 1. The molecule has 5 nitrogen and oxygen atoms in total. The molecule has 0 saturated carbocycles. The summed E-state index contributed by atoms with van der Waals surface area (Å²) in [6.07, 6.45) is 1.54. The first-order chi connectivity index (χ1) is 9.65. The fourth-order valence-corrected chi connectivity index (χ4v) is 1.85. The smallest absolute Gasteiger partial charge is 0.255 e. The number of nitrogens with one attached hydrogen (secondary N) is 1. The van der Waals surface area contributed by atoms with E-state index in [0.717, 1.165) is 5.56 Å². The van der Waals surface area contributed by atoms with Gasteiger partial charge in [-0.05, 0) is 30.7 Å². The van der Waals surface area contributed by atoms with Crippen molar-refractivity contribution >= 4 is 11.6 Å². The molecule has 3 N–H and O–H groups in total. The summed E-state index contributed by atoms with van der Waals surface area (Å²) < 4.78 is 0. The molecule has 1 aromatic carbocycles. The Morgan fingerprint density at radius 3 is 2.95 bits per heavy atom. The average molecular weight is 266 g/mol. The van der Waals surface area contributed by atoms with Crippen LogP contribution in [-0.4, -0.2) is 10.9 Å². The Labute approximate surface area is 117 Å². The number of aromatic nitrogens is 1. The highest BCUT2D eigenvalue weighted by Gasteiger charge is 2.11. The zero-order valence-electron chi connectivity index (χ0n) is 11.1. The molecule has 20 heavy (non-hydrogen) atoms. The lowest BCUT2D eigenvalue weighted by molar-refractivity contribution is 0.102. The van der Waals surface area contributed by atoms with Gasteiger partial charge < -0.3 is 11.1 Å². The average Bonchev–Trinajstić information content (AvgIpc) is 2.47. The van der Waals surface area contributed by atoms with Gasteiger partial charge in [-0.3, -0.25) is 9.78 Å². The second-order valence-electron chi connectivity index (χ2n) is 4.30.